The van der Waals surface area contributed by atoms with Gasteiger partial charge in [0.25, 0.3) is 0 Å². The topological polar surface area (TPSA) is 56.3 Å². The van der Waals surface area contributed by atoms with Gasteiger partial charge in [-0.2, -0.15) is 21.6 Å². The van der Waals surface area contributed by atoms with Crippen molar-refractivity contribution in [2.24, 2.45) is 0 Å². The van der Waals surface area contributed by atoms with Crippen molar-refractivity contribution in [2.45, 2.75) is 24.4 Å². The monoisotopic (exact) mass is 441 g/mol. The quantitative estimate of drug-likeness (QED) is 0.496. The highest BCUT2D eigenvalue weighted by atomic mass is 35.5. The Balaban J connectivity index is 1.73. The number of aryl methyl sites for hydroxylation is 1. The van der Waals surface area contributed by atoms with Crippen molar-refractivity contribution in [1.29, 1.82) is 0 Å². The Morgan fingerprint density at radius 3 is 2.21 bits per heavy atom. The smallest absolute Gasteiger partial charge is 0.379 e. The van der Waals surface area contributed by atoms with E-state index in [4.69, 9.17) is 15.8 Å². The van der Waals surface area contributed by atoms with Crippen molar-refractivity contribution in [1.82, 2.24) is 4.98 Å². The highest BCUT2D eigenvalue weighted by molar-refractivity contribution is 7.87. The maximum Gasteiger partial charge on any atom is 0.417 e. The summed E-state index contributed by atoms with van der Waals surface area (Å²) in [5.41, 5.74) is 0.958. The molecular weight excluding hydrogens is 427 g/mol. The molecule has 0 spiro atoms. The van der Waals surface area contributed by atoms with E-state index >= 15 is 0 Å². The minimum atomic E-state index is -4.52. The van der Waals surface area contributed by atoms with Crippen LogP contribution >= 0.6 is 11.6 Å². The highest BCUT2D eigenvalue weighted by Gasteiger charge is 2.31. The lowest BCUT2D eigenvalue weighted by Gasteiger charge is -2.10. The maximum atomic E-state index is 12.7. The average Bonchev–Trinajstić information content (AvgIpc) is 2.64. The van der Waals surface area contributed by atoms with E-state index < -0.39 is 21.9 Å². The average molecular weight is 442 g/mol. The zero-order valence-electron chi connectivity index (χ0n) is 15.1. The first kappa shape index (κ1) is 21.1. The van der Waals surface area contributed by atoms with Crippen molar-refractivity contribution in [3.05, 3.63) is 88.2 Å². The van der Waals surface area contributed by atoms with Gasteiger partial charge in [-0.1, -0.05) is 41.4 Å². The molecule has 2 aromatic carbocycles. The van der Waals surface area contributed by atoms with E-state index in [0.29, 0.717) is 5.56 Å². The minimum absolute atomic E-state index is 0.0351. The molecule has 0 radical (unpaired) electrons. The molecule has 0 amide bonds. The van der Waals surface area contributed by atoms with Gasteiger partial charge in [0.1, 0.15) is 10.6 Å². The summed E-state index contributed by atoms with van der Waals surface area (Å²) in [5, 5.41) is -0.0953. The van der Waals surface area contributed by atoms with Gasteiger partial charge in [0.15, 0.2) is 0 Å². The fraction of sp³-hybridized carbons (Fsp3) is 0.150. The molecule has 0 aliphatic rings. The molecule has 0 N–H and O–H groups in total. The summed E-state index contributed by atoms with van der Waals surface area (Å²) in [6.45, 7) is 1.84. The van der Waals surface area contributed by atoms with Gasteiger partial charge in [-0.15, -0.1) is 0 Å². The van der Waals surface area contributed by atoms with E-state index in [1.54, 1.807) is 24.3 Å². The lowest BCUT2D eigenvalue weighted by Crippen LogP contribution is -2.09. The predicted molar refractivity (Wildman–Crippen MR) is 102 cm³/mol. The van der Waals surface area contributed by atoms with Gasteiger partial charge in [-0.3, -0.25) is 4.98 Å². The van der Waals surface area contributed by atoms with Crippen LogP contribution in [0.5, 0.6) is 5.75 Å². The Labute approximate surface area is 171 Å². The Kier molecular flexibility index (Phi) is 5.86. The minimum Gasteiger partial charge on any atom is -0.379 e. The summed E-state index contributed by atoms with van der Waals surface area (Å²) >= 11 is 5.92. The fourth-order valence-corrected chi connectivity index (χ4v) is 3.65. The molecule has 9 heteroatoms. The Hall–Kier alpha value is -2.58. The van der Waals surface area contributed by atoms with Crippen molar-refractivity contribution in [2.75, 3.05) is 0 Å². The molecular formula is C20H15ClF3NO3S. The number of nitrogens with zero attached hydrogens (tertiary/aromatic N) is 1. The molecule has 1 aromatic heterocycles. The van der Waals surface area contributed by atoms with Crippen LogP contribution < -0.4 is 4.18 Å². The predicted octanol–water partition coefficient (Wildman–Crippen LogP) is 5.42. The largest absolute Gasteiger partial charge is 0.417 e. The van der Waals surface area contributed by atoms with Gasteiger partial charge >= 0.3 is 16.3 Å². The second-order valence-corrected chi connectivity index (χ2v) is 8.28. The van der Waals surface area contributed by atoms with Crippen molar-refractivity contribution < 1.29 is 25.8 Å². The molecule has 29 heavy (non-hydrogen) atoms. The molecule has 0 aliphatic heterocycles. The number of rotatable bonds is 5. The third-order valence-corrected chi connectivity index (χ3v) is 5.64. The zero-order valence-corrected chi connectivity index (χ0v) is 16.6. The van der Waals surface area contributed by atoms with Crippen LogP contribution in [0.4, 0.5) is 13.2 Å². The summed E-state index contributed by atoms with van der Waals surface area (Å²) in [6, 6.07) is 13.2. The molecule has 1 heterocycles. The van der Waals surface area contributed by atoms with E-state index in [2.05, 4.69) is 4.98 Å². The Bertz CT molecular complexity index is 1110. The molecule has 152 valence electrons. The molecule has 0 atom stereocenters. The molecule has 0 unspecified atom stereocenters. The van der Waals surface area contributed by atoms with E-state index in [9.17, 15) is 21.6 Å². The highest BCUT2D eigenvalue weighted by Crippen LogP contribution is 2.31. The molecule has 0 fully saturated rings. The molecule has 0 bridgehead atoms. The zero-order chi connectivity index (χ0) is 21.2. The van der Waals surface area contributed by atoms with Gasteiger partial charge in [0.2, 0.25) is 0 Å². The first-order valence-corrected chi connectivity index (χ1v) is 10.1. The normalized spacial score (nSPS) is 12.0. The van der Waals surface area contributed by atoms with Crippen LogP contribution in [0.3, 0.4) is 0 Å². The van der Waals surface area contributed by atoms with Crippen LogP contribution in [0.1, 0.15) is 22.4 Å². The molecule has 4 nitrogen and oxygen atoms in total. The number of alkyl halides is 3. The third-order valence-electron chi connectivity index (χ3n) is 4.06. The van der Waals surface area contributed by atoms with Crippen LogP contribution in [0, 0.1) is 6.92 Å². The molecule has 3 aromatic rings. The first-order chi connectivity index (χ1) is 13.5. The summed E-state index contributed by atoms with van der Waals surface area (Å²) < 4.78 is 67.8. The standard InChI is InChI=1S/C20H15ClF3NO3S/c1-13-2-8-17(9-3-13)29(26,27)28-16-6-4-14(5-7-16)10-19-18(21)11-15(12-25-19)20(22,23)24/h2-9,11-12H,10H2,1H3. The lowest BCUT2D eigenvalue weighted by molar-refractivity contribution is -0.137. The van der Waals surface area contributed by atoms with E-state index in [-0.39, 0.29) is 27.8 Å². The Morgan fingerprint density at radius 1 is 1.03 bits per heavy atom. The lowest BCUT2D eigenvalue weighted by atomic mass is 10.1. The molecule has 3 rings (SSSR count). The summed E-state index contributed by atoms with van der Waals surface area (Å²) in [4.78, 5) is 3.82. The van der Waals surface area contributed by atoms with Crippen LogP contribution in [0.15, 0.2) is 65.7 Å². The van der Waals surface area contributed by atoms with E-state index in [0.717, 1.165) is 17.8 Å². The summed E-state index contributed by atoms with van der Waals surface area (Å²) in [6.07, 6.45) is -3.61. The van der Waals surface area contributed by atoms with Gasteiger partial charge in [-0.05, 0) is 42.8 Å². The maximum absolute atomic E-state index is 12.7. The summed E-state index contributed by atoms with van der Waals surface area (Å²) in [7, 11) is -3.97. The van der Waals surface area contributed by atoms with Crippen LogP contribution in [-0.2, 0) is 22.7 Å². The number of aromatic nitrogens is 1. The van der Waals surface area contributed by atoms with Gasteiger partial charge in [0, 0.05) is 12.6 Å². The molecule has 0 saturated carbocycles. The fourth-order valence-electron chi connectivity index (χ4n) is 2.49. The summed E-state index contributed by atoms with van der Waals surface area (Å²) in [5.74, 6) is 0.112. The van der Waals surface area contributed by atoms with Crippen LogP contribution in [0.25, 0.3) is 0 Å². The third kappa shape index (κ3) is 5.27. The second-order valence-electron chi connectivity index (χ2n) is 6.32. The molecule has 0 aliphatic carbocycles. The number of hydrogen-bond acceptors (Lipinski definition) is 4. The van der Waals surface area contributed by atoms with Gasteiger partial charge in [-0.25, -0.2) is 0 Å². The second kappa shape index (κ2) is 8.04. The van der Waals surface area contributed by atoms with E-state index in [1.807, 2.05) is 6.92 Å². The van der Waals surface area contributed by atoms with Gasteiger partial charge < -0.3 is 4.18 Å². The number of pyridine rings is 1. The Morgan fingerprint density at radius 2 is 1.66 bits per heavy atom. The van der Waals surface area contributed by atoms with E-state index in [1.165, 1.54) is 24.3 Å². The molecule has 0 saturated heterocycles. The van der Waals surface area contributed by atoms with Crippen molar-refractivity contribution in [3.8, 4) is 5.75 Å². The number of hydrogen-bond donors (Lipinski definition) is 0. The first-order valence-electron chi connectivity index (χ1n) is 8.36. The van der Waals surface area contributed by atoms with Crippen LogP contribution in [0.2, 0.25) is 5.02 Å². The van der Waals surface area contributed by atoms with Crippen molar-refractivity contribution in [3.63, 3.8) is 0 Å². The number of benzene rings is 2. The van der Waals surface area contributed by atoms with Crippen LogP contribution in [-0.4, -0.2) is 13.4 Å². The number of halogens is 4. The van der Waals surface area contributed by atoms with Crippen molar-refractivity contribution >= 4 is 21.7 Å². The SMILES string of the molecule is Cc1ccc(S(=O)(=O)Oc2ccc(Cc3ncc(C(F)(F)F)cc3Cl)cc2)cc1. The van der Waals surface area contributed by atoms with Gasteiger partial charge in [0.05, 0.1) is 16.3 Å².